The molecule has 5 heteroatoms. The molecule has 4 bridgehead atoms. The molecule has 1 aromatic rings. The number of rotatable bonds is 3. The van der Waals surface area contributed by atoms with Crippen molar-refractivity contribution in [2.75, 3.05) is 0 Å². The number of H-pyrrole nitrogens is 1. The molecule has 4 aliphatic rings. The first-order chi connectivity index (χ1) is 9.19. The van der Waals surface area contributed by atoms with E-state index in [1.165, 1.54) is 38.2 Å². The van der Waals surface area contributed by atoms with Crippen LogP contribution in [0.25, 0.3) is 0 Å². The Bertz CT molecular complexity index is 483. The van der Waals surface area contributed by atoms with E-state index in [2.05, 4.69) is 10.2 Å². The molecule has 1 aromatic heterocycles. The average Bonchev–Trinajstić information content (AvgIpc) is 2.81. The molecule has 0 spiro atoms. The maximum atomic E-state index is 10.8. The highest BCUT2D eigenvalue weighted by molar-refractivity contribution is 5.85. The van der Waals surface area contributed by atoms with Gasteiger partial charge in [-0.1, -0.05) is 0 Å². The highest BCUT2D eigenvalue weighted by Crippen LogP contribution is 2.54. The zero-order valence-corrected chi connectivity index (χ0v) is 10.7. The van der Waals surface area contributed by atoms with Crippen LogP contribution < -0.4 is 4.74 Å². The standard InChI is InChI=1S/C14H18N2O3/c17-14(18)11-6-12(16-15-11)19-13-9-2-7-1-8(4-9)5-10(13)3-7/h6-10,13H,1-5H2,(H,15,16)(H,17,18). The summed E-state index contributed by atoms with van der Waals surface area (Å²) in [6, 6.07) is 1.49. The first kappa shape index (κ1) is 11.3. The summed E-state index contributed by atoms with van der Waals surface area (Å²) in [5, 5.41) is 15.3. The molecule has 1 heterocycles. The van der Waals surface area contributed by atoms with Crippen LogP contribution in [0, 0.1) is 23.7 Å². The number of nitrogens with one attached hydrogen (secondary N) is 1. The molecule has 0 atom stereocenters. The molecule has 5 nitrogen and oxygen atoms in total. The van der Waals surface area contributed by atoms with Gasteiger partial charge in [-0.15, -0.1) is 5.10 Å². The van der Waals surface area contributed by atoms with Crippen LogP contribution in [0.15, 0.2) is 6.07 Å². The molecule has 0 saturated heterocycles. The summed E-state index contributed by atoms with van der Waals surface area (Å²) in [6.07, 6.45) is 6.81. The maximum Gasteiger partial charge on any atom is 0.354 e. The number of aromatic amines is 1. The van der Waals surface area contributed by atoms with Gasteiger partial charge in [-0.25, -0.2) is 4.79 Å². The number of hydrogen-bond donors (Lipinski definition) is 2. The minimum atomic E-state index is -0.993. The van der Waals surface area contributed by atoms with Crippen molar-refractivity contribution in [2.24, 2.45) is 23.7 Å². The van der Waals surface area contributed by atoms with Crippen LogP contribution >= 0.6 is 0 Å². The molecule has 19 heavy (non-hydrogen) atoms. The van der Waals surface area contributed by atoms with E-state index in [4.69, 9.17) is 9.84 Å². The molecule has 5 rings (SSSR count). The molecule has 4 fully saturated rings. The molecule has 2 N–H and O–H groups in total. The summed E-state index contributed by atoms with van der Waals surface area (Å²) in [7, 11) is 0. The third kappa shape index (κ3) is 1.83. The van der Waals surface area contributed by atoms with Gasteiger partial charge >= 0.3 is 5.97 Å². The van der Waals surface area contributed by atoms with E-state index < -0.39 is 5.97 Å². The minimum absolute atomic E-state index is 0.0961. The fourth-order valence-electron chi connectivity index (χ4n) is 4.68. The normalized spacial score (nSPS) is 39.5. The fourth-order valence-corrected chi connectivity index (χ4v) is 4.68. The highest BCUT2D eigenvalue weighted by atomic mass is 16.5. The summed E-state index contributed by atoms with van der Waals surface area (Å²) in [4.78, 5) is 10.8. The van der Waals surface area contributed by atoms with Gasteiger partial charge in [0, 0.05) is 6.07 Å². The monoisotopic (exact) mass is 262 g/mol. The van der Waals surface area contributed by atoms with Gasteiger partial charge in [0.1, 0.15) is 11.8 Å². The second-order valence-corrected chi connectivity index (χ2v) is 6.44. The lowest BCUT2D eigenvalue weighted by Gasteiger charge is -2.53. The Morgan fingerprint density at radius 3 is 2.37 bits per heavy atom. The zero-order chi connectivity index (χ0) is 13.0. The lowest BCUT2D eigenvalue weighted by atomic mass is 9.55. The third-order valence-electron chi connectivity index (χ3n) is 5.18. The number of nitrogens with zero attached hydrogens (tertiary/aromatic N) is 1. The van der Waals surface area contributed by atoms with Gasteiger partial charge in [-0.3, -0.25) is 5.10 Å². The van der Waals surface area contributed by atoms with Crippen LogP contribution in [0.5, 0.6) is 5.88 Å². The van der Waals surface area contributed by atoms with Gasteiger partial charge in [0.15, 0.2) is 0 Å². The molecular formula is C14H18N2O3. The number of carboxylic acids is 1. The molecule has 0 radical (unpaired) electrons. The van der Waals surface area contributed by atoms with Gasteiger partial charge < -0.3 is 9.84 Å². The van der Waals surface area contributed by atoms with Crippen LogP contribution in [0.3, 0.4) is 0 Å². The van der Waals surface area contributed by atoms with Crippen LogP contribution in [0.4, 0.5) is 0 Å². The molecule has 0 unspecified atom stereocenters. The first-order valence-electron chi connectivity index (χ1n) is 7.14. The van der Waals surface area contributed by atoms with Crippen molar-refractivity contribution in [3.63, 3.8) is 0 Å². The van der Waals surface area contributed by atoms with Gasteiger partial charge in [-0.05, 0) is 55.8 Å². The Balaban J connectivity index is 1.51. The fraction of sp³-hybridized carbons (Fsp3) is 0.714. The van der Waals surface area contributed by atoms with E-state index in [9.17, 15) is 4.79 Å². The molecule has 0 amide bonds. The Kier molecular flexibility index (Phi) is 2.37. The van der Waals surface area contributed by atoms with Crippen molar-refractivity contribution in [1.29, 1.82) is 0 Å². The topological polar surface area (TPSA) is 75.2 Å². The molecular weight excluding hydrogens is 244 g/mol. The minimum Gasteiger partial charge on any atom is -0.477 e. The smallest absolute Gasteiger partial charge is 0.354 e. The Morgan fingerprint density at radius 1 is 1.21 bits per heavy atom. The maximum absolute atomic E-state index is 10.8. The van der Waals surface area contributed by atoms with Crippen LogP contribution in [-0.4, -0.2) is 27.4 Å². The van der Waals surface area contributed by atoms with Gasteiger partial charge in [0.2, 0.25) is 5.88 Å². The number of ether oxygens (including phenoxy) is 1. The van der Waals surface area contributed by atoms with Crippen LogP contribution in [0.2, 0.25) is 0 Å². The van der Waals surface area contributed by atoms with E-state index in [1.807, 2.05) is 0 Å². The molecule has 102 valence electrons. The number of carboxylic acid groups (broad SMARTS) is 1. The lowest BCUT2D eigenvalue weighted by molar-refractivity contribution is -0.0805. The van der Waals surface area contributed by atoms with E-state index in [-0.39, 0.29) is 11.8 Å². The number of aromatic carboxylic acids is 1. The average molecular weight is 262 g/mol. The van der Waals surface area contributed by atoms with E-state index in [0.29, 0.717) is 17.7 Å². The number of carbonyl (C=O) groups is 1. The SMILES string of the molecule is O=C(O)c1cc(OC2C3CC4CC(C3)CC2C4)n[nH]1. The molecule has 4 saturated carbocycles. The van der Waals surface area contributed by atoms with E-state index in [0.717, 1.165) is 11.8 Å². The van der Waals surface area contributed by atoms with E-state index in [1.54, 1.807) is 0 Å². The van der Waals surface area contributed by atoms with Crippen molar-refractivity contribution in [1.82, 2.24) is 10.2 Å². The van der Waals surface area contributed by atoms with E-state index >= 15 is 0 Å². The third-order valence-corrected chi connectivity index (χ3v) is 5.18. The van der Waals surface area contributed by atoms with Gasteiger partial charge in [-0.2, -0.15) is 0 Å². The second-order valence-electron chi connectivity index (χ2n) is 6.44. The van der Waals surface area contributed by atoms with Crippen LogP contribution in [-0.2, 0) is 0 Å². The van der Waals surface area contributed by atoms with Crippen molar-refractivity contribution < 1.29 is 14.6 Å². The molecule has 4 aliphatic carbocycles. The van der Waals surface area contributed by atoms with Crippen molar-refractivity contribution in [3.05, 3.63) is 11.8 Å². The Morgan fingerprint density at radius 2 is 1.84 bits per heavy atom. The van der Waals surface area contributed by atoms with Crippen molar-refractivity contribution >= 4 is 5.97 Å². The number of hydrogen-bond acceptors (Lipinski definition) is 3. The predicted molar refractivity (Wildman–Crippen MR) is 67.0 cm³/mol. The second kappa shape index (κ2) is 3.99. The summed E-state index contributed by atoms with van der Waals surface area (Å²) in [6.45, 7) is 0. The van der Waals surface area contributed by atoms with Gasteiger partial charge in [0.25, 0.3) is 0 Å². The first-order valence-corrected chi connectivity index (χ1v) is 7.14. The largest absolute Gasteiger partial charge is 0.477 e. The number of aromatic nitrogens is 2. The summed E-state index contributed by atoms with van der Waals surface area (Å²) < 4.78 is 6.02. The van der Waals surface area contributed by atoms with Crippen molar-refractivity contribution in [3.8, 4) is 5.88 Å². The highest BCUT2D eigenvalue weighted by Gasteiger charge is 2.49. The molecule has 0 aromatic carbocycles. The lowest BCUT2D eigenvalue weighted by Crippen LogP contribution is -2.50. The predicted octanol–water partition coefficient (Wildman–Crippen LogP) is 2.31. The summed E-state index contributed by atoms with van der Waals surface area (Å²) in [5.74, 6) is 2.58. The summed E-state index contributed by atoms with van der Waals surface area (Å²) in [5.41, 5.74) is 0.0961. The quantitative estimate of drug-likeness (QED) is 0.876. The van der Waals surface area contributed by atoms with Crippen LogP contribution in [0.1, 0.15) is 42.6 Å². The van der Waals surface area contributed by atoms with Crippen molar-refractivity contribution in [2.45, 2.75) is 38.2 Å². The zero-order valence-electron chi connectivity index (χ0n) is 10.7. The Hall–Kier alpha value is -1.52. The summed E-state index contributed by atoms with van der Waals surface area (Å²) >= 11 is 0. The van der Waals surface area contributed by atoms with Gasteiger partial charge in [0.05, 0.1) is 0 Å². The Labute approximate surface area is 111 Å². The molecule has 0 aliphatic heterocycles.